The highest BCUT2D eigenvalue weighted by Gasteiger charge is 2.34. The maximum atomic E-state index is 10.2. The molecule has 6 nitrogen and oxygen atoms in total. The number of hydrogen-bond acceptors (Lipinski definition) is 6. The van der Waals surface area contributed by atoms with Gasteiger partial charge in [0.15, 0.2) is 6.29 Å². The Balaban J connectivity index is 1.75. The molecule has 1 aliphatic rings. The van der Waals surface area contributed by atoms with Crippen molar-refractivity contribution in [2.24, 2.45) is 0 Å². The van der Waals surface area contributed by atoms with Crippen molar-refractivity contribution < 1.29 is 29.6 Å². The minimum Gasteiger partial charge on any atom is -0.545 e. The summed E-state index contributed by atoms with van der Waals surface area (Å²) in [5.74, 6) is -1.10. The van der Waals surface area contributed by atoms with Gasteiger partial charge in [-0.15, -0.1) is 0 Å². The van der Waals surface area contributed by atoms with Gasteiger partial charge in [0, 0.05) is 13.0 Å². The molecule has 32 heavy (non-hydrogen) atoms. The molecule has 6 heteroatoms. The number of unbranched alkanes of at least 4 members (excludes halogenated alkanes) is 15. The molecule has 0 aliphatic carbocycles. The van der Waals surface area contributed by atoms with E-state index in [2.05, 4.69) is 0 Å². The van der Waals surface area contributed by atoms with E-state index in [-0.39, 0.29) is 6.10 Å². The molecule has 0 radical (unpaired) electrons. The summed E-state index contributed by atoms with van der Waals surface area (Å²) in [6, 6.07) is 0. The van der Waals surface area contributed by atoms with Crippen molar-refractivity contribution in [3.8, 4) is 0 Å². The van der Waals surface area contributed by atoms with Gasteiger partial charge in [0.2, 0.25) is 0 Å². The van der Waals surface area contributed by atoms with Crippen LogP contribution in [0.4, 0.5) is 0 Å². The van der Waals surface area contributed by atoms with E-state index < -0.39 is 24.5 Å². The normalized spacial score (nSPS) is 23.7. The van der Waals surface area contributed by atoms with Crippen molar-refractivity contribution in [1.82, 2.24) is 0 Å². The van der Waals surface area contributed by atoms with Gasteiger partial charge in [0.05, 0.1) is 18.2 Å². The maximum Gasteiger partial charge on any atom is 0.183 e. The number of carboxylic acids is 1. The van der Waals surface area contributed by atoms with E-state index in [9.17, 15) is 20.1 Å². The van der Waals surface area contributed by atoms with Crippen LogP contribution < -0.4 is 5.11 Å². The first-order valence-electron chi connectivity index (χ1n) is 13.0. The molecule has 1 aliphatic heterocycles. The molecule has 1 heterocycles. The summed E-state index contributed by atoms with van der Waals surface area (Å²) in [6.07, 6.45) is 20.5. The molecule has 4 atom stereocenters. The van der Waals surface area contributed by atoms with Gasteiger partial charge in [-0.25, -0.2) is 0 Å². The average molecular weight is 456 g/mol. The molecule has 2 N–H and O–H groups in total. The molecule has 188 valence electrons. The number of carbonyl (C=O) groups is 1. The largest absolute Gasteiger partial charge is 0.545 e. The Hall–Kier alpha value is -0.950. The number of hydrogen-bond donors (Lipinski definition) is 2. The minimum atomic E-state index is -1.10. The minimum absolute atomic E-state index is 0.285. The lowest BCUT2D eigenvalue weighted by atomic mass is 10.0. The van der Waals surface area contributed by atoms with Gasteiger partial charge < -0.3 is 29.6 Å². The highest BCUT2D eigenvalue weighted by Crippen LogP contribution is 2.21. The lowest BCUT2D eigenvalue weighted by Crippen LogP contribution is -2.47. The van der Waals surface area contributed by atoms with Gasteiger partial charge in [-0.05, 0) is 32.3 Å². The molecule has 0 unspecified atom stereocenters. The number of aliphatic carboxylic acids is 1. The maximum absolute atomic E-state index is 10.2. The topological polar surface area (TPSA) is 99.1 Å². The average Bonchev–Trinajstić information content (AvgIpc) is 2.75. The van der Waals surface area contributed by atoms with Crippen molar-refractivity contribution in [1.29, 1.82) is 0 Å². The summed E-state index contributed by atoms with van der Waals surface area (Å²) in [5, 5.41) is 29.8. The number of aliphatic hydroxyl groups excluding tert-OH is 2. The third kappa shape index (κ3) is 15.8. The predicted octanol–water partition coefficient (Wildman–Crippen LogP) is 4.41. The number of carboxylic acid groups (broad SMARTS) is 1. The fourth-order valence-electron chi connectivity index (χ4n) is 4.13. The van der Waals surface area contributed by atoms with Gasteiger partial charge in [0.1, 0.15) is 6.10 Å². The van der Waals surface area contributed by atoms with Crippen LogP contribution in [0.2, 0.25) is 0 Å². The van der Waals surface area contributed by atoms with E-state index in [1.165, 1.54) is 77.0 Å². The molecule has 0 amide bonds. The number of ether oxygens (including phenoxy) is 2. The summed E-state index contributed by atoms with van der Waals surface area (Å²) in [5.41, 5.74) is 0. The quantitative estimate of drug-likeness (QED) is 0.208. The van der Waals surface area contributed by atoms with E-state index in [0.29, 0.717) is 13.0 Å². The zero-order valence-electron chi connectivity index (χ0n) is 20.2. The van der Waals surface area contributed by atoms with Crippen LogP contribution in [0.3, 0.4) is 0 Å². The predicted molar refractivity (Wildman–Crippen MR) is 125 cm³/mol. The highest BCUT2D eigenvalue weighted by atomic mass is 16.7. The Bertz CT molecular complexity index is 481. The Morgan fingerprint density at radius 2 is 1.31 bits per heavy atom. The third-order valence-electron chi connectivity index (χ3n) is 6.24. The van der Waals surface area contributed by atoms with Crippen molar-refractivity contribution >= 4 is 5.97 Å². The number of rotatable bonds is 20. The van der Waals surface area contributed by atoms with Gasteiger partial charge in [0.25, 0.3) is 0 Å². The van der Waals surface area contributed by atoms with Crippen LogP contribution in [0.25, 0.3) is 0 Å². The molecule has 0 aromatic heterocycles. The third-order valence-corrected chi connectivity index (χ3v) is 6.24. The Morgan fingerprint density at radius 3 is 1.81 bits per heavy atom. The molecular formula is C26H47O6-. The fourth-order valence-corrected chi connectivity index (χ4v) is 4.13. The monoisotopic (exact) mass is 455 g/mol. The van der Waals surface area contributed by atoms with Crippen LogP contribution in [0, 0.1) is 0 Å². The first-order valence-corrected chi connectivity index (χ1v) is 13.0. The van der Waals surface area contributed by atoms with Crippen LogP contribution in [0.1, 0.15) is 116 Å². The van der Waals surface area contributed by atoms with Crippen LogP contribution in [0.5, 0.6) is 0 Å². The molecule has 0 aromatic rings. The Morgan fingerprint density at radius 1 is 0.844 bits per heavy atom. The lowest BCUT2D eigenvalue weighted by Gasteiger charge is -2.35. The first kappa shape index (κ1) is 29.1. The van der Waals surface area contributed by atoms with Crippen LogP contribution in [0.15, 0.2) is 12.2 Å². The van der Waals surface area contributed by atoms with E-state index in [0.717, 1.165) is 31.8 Å². The van der Waals surface area contributed by atoms with Crippen molar-refractivity contribution in [2.75, 3.05) is 6.61 Å². The van der Waals surface area contributed by atoms with Crippen LogP contribution in [-0.4, -0.2) is 47.4 Å². The molecule has 0 spiro atoms. The molecule has 1 saturated heterocycles. The second-order valence-electron chi connectivity index (χ2n) is 9.26. The summed E-state index contributed by atoms with van der Waals surface area (Å²) in [4.78, 5) is 10.2. The van der Waals surface area contributed by atoms with Gasteiger partial charge in [-0.2, -0.15) is 0 Å². The summed E-state index contributed by atoms with van der Waals surface area (Å²) < 4.78 is 11.2. The molecule has 1 rings (SSSR count). The van der Waals surface area contributed by atoms with Gasteiger partial charge >= 0.3 is 0 Å². The molecular weight excluding hydrogens is 408 g/mol. The summed E-state index contributed by atoms with van der Waals surface area (Å²) in [7, 11) is 0. The second kappa shape index (κ2) is 19.5. The smallest absolute Gasteiger partial charge is 0.183 e. The SMILES string of the molecule is C[C@@H]1O[C@@H](OCCCCCCCCCCCCCCCCC/C=C/C(=O)[O-])[C@H](O)C[C@H]1O. The van der Waals surface area contributed by atoms with Crippen LogP contribution >= 0.6 is 0 Å². The van der Waals surface area contributed by atoms with E-state index in [4.69, 9.17) is 9.47 Å². The van der Waals surface area contributed by atoms with Gasteiger partial charge in [-0.3, -0.25) is 0 Å². The molecule has 0 aromatic carbocycles. The van der Waals surface area contributed by atoms with Crippen LogP contribution in [-0.2, 0) is 14.3 Å². The lowest BCUT2D eigenvalue weighted by molar-refractivity contribution is -0.297. The zero-order valence-corrected chi connectivity index (χ0v) is 20.2. The van der Waals surface area contributed by atoms with E-state index in [1.807, 2.05) is 0 Å². The highest BCUT2D eigenvalue weighted by molar-refractivity contribution is 5.77. The molecule has 0 bridgehead atoms. The van der Waals surface area contributed by atoms with Crippen molar-refractivity contribution in [3.63, 3.8) is 0 Å². The van der Waals surface area contributed by atoms with Gasteiger partial charge in [-0.1, -0.05) is 89.5 Å². The first-order chi connectivity index (χ1) is 15.5. The molecule has 1 fully saturated rings. The Kier molecular flexibility index (Phi) is 17.7. The van der Waals surface area contributed by atoms with E-state index in [1.54, 1.807) is 13.0 Å². The summed E-state index contributed by atoms with van der Waals surface area (Å²) >= 11 is 0. The zero-order chi connectivity index (χ0) is 23.4. The standard InChI is InChI=1S/C26H48O6/c1-22-23(27)21-24(28)26(32-22)31-20-18-16-14-12-10-8-6-4-2-3-5-7-9-11-13-15-17-19-25(29)30/h17,19,22-24,26-28H,2-16,18,20-21H2,1H3,(H,29,30)/p-1/b19-17+/t22-,23+,24+,26+/m0/s1. The molecule has 0 saturated carbocycles. The second-order valence-corrected chi connectivity index (χ2v) is 9.26. The number of carbonyl (C=O) groups excluding carboxylic acids is 1. The fraction of sp³-hybridized carbons (Fsp3) is 0.885. The van der Waals surface area contributed by atoms with Crippen molar-refractivity contribution in [3.05, 3.63) is 12.2 Å². The van der Waals surface area contributed by atoms with Crippen molar-refractivity contribution in [2.45, 2.75) is 141 Å². The number of allylic oxidation sites excluding steroid dienone is 1. The van der Waals surface area contributed by atoms with E-state index >= 15 is 0 Å². The Labute approximate surface area is 195 Å². The number of aliphatic hydroxyl groups is 2. The summed E-state index contributed by atoms with van der Waals surface area (Å²) in [6.45, 7) is 2.41.